The highest BCUT2D eigenvalue weighted by atomic mass is 16.5. The van der Waals surface area contributed by atoms with Crippen molar-refractivity contribution in [1.82, 2.24) is 15.1 Å². The van der Waals surface area contributed by atoms with Crippen molar-refractivity contribution in [2.24, 2.45) is 5.92 Å². The molecule has 0 saturated carbocycles. The fourth-order valence-corrected chi connectivity index (χ4v) is 4.91. The van der Waals surface area contributed by atoms with Crippen LogP contribution < -0.4 is 10.1 Å². The van der Waals surface area contributed by atoms with Gasteiger partial charge < -0.3 is 15.0 Å². The number of carbonyl (C=O) groups is 1. The van der Waals surface area contributed by atoms with Gasteiger partial charge in [0.25, 0.3) is 0 Å². The summed E-state index contributed by atoms with van der Waals surface area (Å²) in [7, 11) is 0. The highest BCUT2D eigenvalue weighted by Gasteiger charge is 2.23. The molecular formula is C29H47N3O2. The topological polar surface area (TPSA) is 44.8 Å². The number of likely N-dealkylation sites (tertiary alicyclic amines) is 1. The summed E-state index contributed by atoms with van der Waals surface area (Å²) in [5.74, 6) is 1.91. The number of benzene rings is 1. The minimum atomic E-state index is 0.344. The molecular weight excluding hydrogens is 422 g/mol. The Bertz CT molecular complexity index is 711. The molecule has 5 nitrogen and oxygen atoms in total. The van der Waals surface area contributed by atoms with E-state index in [9.17, 15) is 4.79 Å². The molecule has 0 atom stereocenters. The number of ether oxygens (including phenoxy) is 1. The number of hydrogen-bond donors (Lipinski definition) is 1. The number of nitrogens with zero attached hydrogens (tertiary/aromatic N) is 2. The summed E-state index contributed by atoms with van der Waals surface area (Å²) in [4.78, 5) is 17.5. The van der Waals surface area contributed by atoms with Crippen LogP contribution in [0.1, 0.15) is 77.2 Å². The van der Waals surface area contributed by atoms with E-state index in [-0.39, 0.29) is 0 Å². The van der Waals surface area contributed by atoms with Gasteiger partial charge in [-0.2, -0.15) is 0 Å². The molecule has 0 aliphatic carbocycles. The minimum absolute atomic E-state index is 0.344. The average molecular weight is 470 g/mol. The lowest BCUT2D eigenvalue weighted by atomic mass is 9.93. The van der Waals surface area contributed by atoms with Crippen LogP contribution in [0.2, 0.25) is 0 Å². The number of amides is 1. The van der Waals surface area contributed by atoms with E-state index in [1.165, 1.54) is 5.56 Å². The van der Waals surface area contributed by atoms with Crippen LogP contribution in [0.25, 0.3) is 6.08 Å². The van der Waals surface area contributed by atoms with Crippen molar-refractivity contribution in [2.75, 3.05) is 45.8 Å². The van der Waals surface area contributed by atoms with E-state index in [1.807, 2.05) is 0 Å². The lowest BCUT2D eigenvalue weighted by Crippen LogP contribution is -2.38. The van der Waals surface area contributed by atoms with Gasteiger partial charge >= 0.3 is 0 Å². The molecule has 2 aliphatic heterocycles. The van der Waals surface area contributed by atoms with Gasteiger partial charge in [-0.05, 0) is 88.3 Å². The fraction of sp³-hybridized carbons (Fsp3) is 0.690. The highest BCUT2D eigenvalue weighted by Crippen LogP contribution is 2.22. The van der Waals surface area contributed by atoms with E-state index in [4.69, 9.17) is 4.74 Å². The number of unbranched alkanes of at least 4 members (excludes halogenated alkanes) is 2. The molecule has 0 aromatic heterocycles. The SMILES string of the molecule is CCCCN(CCCC)C(=O)CC1CCN(C/C=C/c2ccc(OC3CCNCC3)cc2)CC1. The Balaban J connectivity index is 1.35. The predicted octanol–water partition coefficient (Wildman–Crippen LogP) is 5.36. The Morgan fingerprint density at radius 3 is 2.29 bits per heavy atom. The van der Waals surface area contributed by atoms with E-state index in [2.05, 4.69) is 65.4 Å². The van der Waals surface area contributed by atoms with Gasteiger partial charge in [-0.3, -0.25) is 9.69 Å². The monoisotopic (exact) mass is 469 g/mol. The average Bonchev–Trinajstić information content (AvgIpc) is 2.87. The number of rotatable bonds is 13. The molecule has 5 heteroatoms. The summed E-state index contributed by atoms with van der Waals surface area (Å²) in [6.45, 7) is 11.5. The fourth-order valence-electron chi connectivity index (χ4n) is 4.91. The first-order valence-corrected chi connectivity index (χ1v) is 13.8. The molecule has 3 rings (SSSR count). The first-order chi connectivity index (χ1) is 16.7. The summed E-state index contributed by atoms with van der Waals surface area (Å²) in [5.41, 5.74) is 1.22. The molecule has 0 spiro atoms. The Morgan fingerprint density at radius 2 is 1.68 bits per heavy atom. The highest BCUT2D eigenvalue weighted by molar-refractivity contribution is 5.76. The standard InChI is InChI=1S/C29H47N3O2/c1-3-5-20-32(21-6-4-2)29(33)24-26-15-22-31(23-16-26)19-7-8-25-9-11-27(12-10-25)34-28-13-17-30-18-14-28/h7-12,26,28,30H,3-6,13-24H2,1-2H3/b8-7+. The van der Waals surface area contributed by atoms with Crippen LogP contribution in [0, 0.1) is 5.92 Å². The maximum absolute atomic E-state index is 12.9. The lowest BCUT2D eigenvalue weighted by molar-refractivity contribution is -0.132. The van der Waals surface area contributed by atoms with Crippen LogP contribution in [0.3, 0.4) is 0 Å². The summed E-state index contributed by atoms with van der Waals surface area (Å²) >= 11 is 0. The Labute approximate surface area is 207 Å². The van der Waals surface area contributed by atoms with Crippen molar-refractivity contribution in [3.63, 3.8) is 0 Å². The maximum atomic E-state index is 12.9. The van der Waals surface area contributed by atoms with Crippen LogP contribution in [0.4, 0.5) is 0 Å². The van der Waals surface area contributed by atoms with Crippen molar-refractivity contribution in [2.45, 2.75) is 77.7 Å². The summed E-state index contributed by atoms with van der Waals surface area (Å²) < 4.78 is 6.10. The molecule has 0 unspecified atom stereocenters. The van der Waals surface area contributed by atoms with E-state index in [0.29, 0.717) is 17.9 Å². The molecule has 190 valence electrons. The molecule has 34 heavy (non-hydrogen) atoms. The third-order valence-corrected chi connectivity index (χ3v) is 7.23. The quantitative estimate of drug-likeness (QED) is 0.422. The largest absolute Gasteiger partial charge is 0.490 e. The summed E-state index contributed by atoms with van der Waals surface area (Å²) in [6.07, 6.45) is 14.5. The zero-order valence-electron chi connectivity index (χ0n) is 21.6. The normalized spacial score (nSPS) is 18.4. The summed E-state index contributed by atoms with van der Waals surface area (Å²) in [5, 5.41) is 3.38. The van der Waals surface area contributed by atoms with E-state index in [1.54, 1.807) is 0 Å². The zero-order chi connectivity index (χ0) is 24.0. The maximum Gasteiger partial charge on any atom is 0.222 e. The van der Waals surface area contributed by atoms with Gasteiger partial charge in [-0.15, -0.1) is 0 Å². The van der Waals surface area contributed by atoms with Gasteiger partial charge in [-0.25, -0.2) is 0 Å². The molecule has 2 heterocycles. The summed E-state index contributed by atoms with van der Waals surface area (Å²) in [6, 6.07) is 8.48. The molecule has 2 saturated heterocycles. The number of carbonyl (C=O) groups excluding carboxylic acids is 1. The van der Waals surface area contributed by atoms with Crippen molar-refractivity contribution in [3.05, 3.63) is 35.9 Å². The van der Waals surface area contributed by atoms with Crippen LogP contribution in [-0.2, 0) is 4.79 Å². The smallest absolute Gasteiger partial charge is 0.222 e. The molecule has 1 amide bonds. The van der Waals surface area contributed by atoms with Crippen LogP contribution >= 0.6 is 0 Å². The third kappa shape index (κ3) is 9.42. The first-order valence-electron chi connectivity index (χ1n) is 13.8. The van der Waals surface area contributed by atoms with Gasteiger partial charge in [0.2, 0.25) is 5.91 Å². The Morgan fingerprint density at radius 1 is 1.03 bits per heavy atom. The number of hydrogen-bond acceptors (Lipinski definition) is 4. The van der Waals surface area contributed by atoms with Crippen LogP contribution in [0.5, 0.6) is 5.75 Å². The third-order valence-electron chi connectivity index (χ3n) is 7.23. The van der Waals surface area contributed by atoms with Crippen molar-refractivity contribution in [1.29, 1.82) is 0 Å². The Kier molecular flexibility index (Phi) is 12.0. The molecule has 1 aromatic carbocycles. The lowest BCUT2D eigenvalue weighted by Gasteiger charge is -2.32. The first kappa shape index (κ1) is 26.7. The molecule has 0 radical (unpaired) electrons. The van der Waals surface area contributed by atoms with Gasteiger partial charge in [0.1, 0.15) is 11.9 Å². The molecule has 0 bridgehead atoms. The van der Waals surface area contributed by atoms with E-state index < -0.39 is 0 Å². The van der Waals surface area contributed by atoms with Crippen molar-refractivity contribution < 1.29 is 9.53 Å². The molecule has 2 aliphatic rings. The number of nitrogens with one attached hydrogen (secondary N) is 1. The van der Waals surface area contributed by atoms with Gasteiger partial charge in [0.05, 0.1) is 0 Å². The van der Waals surface area contributed by atoms with Gasteiger partial charge in [0.15, 0.2) is 0 Å². The van der Waals surface area contributed by atoms with Gasteiger partial charge in [0, 0.05) is 26.1 Å². The van der Waals surface area contributed by atoms with Crippen molar-refractivity contribution >= 4 is 12.0 Å². The van der Waals surface area contributed by atoms with Crippen molar-refractivity contribution in [3.8, 4) is 5.75 Å². The zero-order valence-corrected chi connectivity index (χ0v) is 21.6. The van der Waals surface area contributed by atoms with Crippen LogP contribution in [-0.4, -0.2) is 67.6 Å². The molecule has 1 aromatic rings. The molecule has 1 N–H and O–H groups in total. The second-order valence-corrected chi connectivity index (χ2v) is 10.1. The van der Waals surface area contributed by atoms with E-state index >= 15 is 0 Å². The minimum Gasteiger partial charge on any atom is -0.490 e. The Hall–Kier alpha value is -1.85. The molecule has 2 fully saturated rings. The van der Waals surface area contributed by atoms with E-state index in [0.717, 1.165) is 109 Å². The van der Waals surface area contributed by atoms with Gasteiger partial charge in [-0.1, -0.05) is 51.0 Å². The number of piperidine rings is 2. The predicted molar refractivity (Wildman–Crippen MR) is 142 cm³/mol. The second kappa shape index (κ2) is 15.2. The second-order valence-electron chi connectivity index (χ2n) is 10.1. The van der Waals surface area contributed by atoms with Crippen LogP contribution in [0.15, 0.2) is 30.3 Å².